The van der Waals surface area contributed by atoms with E-state index in [9.17, 15) is 0 Å². The Morgan fingerprint density at radius 2 is 2.09 bits per heavy atom. The summed E-state index contributed by atoms with van der Waals surface area (Å²) in [4.78, 5) is 0. The maximum atomic E-state index is 5.50. The van der Waals surface area contributed by atoms with Crippen molar-refractivity contribution in [2.45, 2.75) is 33.2 Å². The number of nitrogens with one attached hydrogen (secondary N) is 2. The van der Waals surface area contributed by atoms with E-state index in [-0.39, 0.29) is 0 Å². The smallest absolute Gasteiger partial charge is 0.00727 e. The fourth-order valence-corrected chi connectivity index (χ4v) is 0.703. The lowest BCUT2D eigenvalue weighted by atomic mass is 10.1. The molecule has 0 spiro atoms. The Labute approximate surface area is 70.2 Å². The van der Waals surface area contributed by atoms with Gasteiger partial charge in [0.05, 0.1) is 0 Å². The Bertz CT molecular complexity index is 108. The molecular weight excluding hydrogens is 136 g/mol. The first kappa shape index (κ1) is 13.0. The van der Waals surface area contributed by atoms with E-state index in [0.29, 0.717) is 6.04 Å². The van der Waals surface area contributed by atoms with Crippen LogP contribution in [0.4, 0.5) is 0 Å². The van der Waals surface area contributed by atoms with Crippen LogP contribution in [0.5, 0.6) is 0 Å². The molecule has 0 amide bonds. The predicted molar refractivity (Wildman–Crippen MR) is 52.4 cm³/mol. The van der Waals surface area contributed by atoms with Gasteiger partial charge in [0.15, 0.2) is 0 Å². The molecule has 0 aliphatic carbocycles. The highest BCUT2D eigenvalue weighted by Crippen LogP contribution is 2.02. The summed E-state index contributed by atoms with van der Waals surface area (Å²) < 4.78 is 0. The Morgan fingerprint density at radius 3 is 2.36 bits per heavy atom. The summed E-state index contributed by atoms with van der Waals surface area (Å²) in [5.74, 6) is 0. The van der Waals surface area contributed by atoms with Crippen molar-refractivity contribution in [3.63, 3.8) is 0 Å². The topological polar surface area (TPSA) is 35.9 Å². The van der Waals surface area contributed by atoms with Crippen molar-refractivity contribution in [3.8, 4) is 0 Å². The molecule has 0 saturated heterocycles. The van der Waals surface area contributed by atoms with Gasteiger partial charge >= 0.3 is 0 Å². The summed E-state index contributed by atoms with van der Waals surface area (Å²) in [5.41, 5.74) is 1.46. The molecule has 1 unspecified atom stereocenters. The first-order valence-electron chi connectivity index (χ1n) is 3.85. The third kappa shape index (κ3) is 9.37. The second-order valence-corrected chi connectivity index (χ2v) is 2.53. The molecule has 0 saturated carbocycles. The number of hydrogen-bond donors (Lipinski definition) is 2. The van der Waals surface area contributed by atoms with Gasteiger partial charge in [0.25, 0.3) is 0 Å². The number of allylic oxidation sites excluding steroid dienone is 1. The van der Waals surface area contributed by atoms with E-state index in [1.165, 1.54) is 5.57 Å². The minimum atomic E-state index is 0.612. The molecule has 2 heteroatoms. The second kappa shape index (κ2) is 9.37. The van der Waals surface area contributed by atoms with Crippen molar-refractivity contribution in [2.24, 2.45) is 0 Å². The highest BCUT2D eigenvalue weighted by molar-refractivity contribution is 5.15. The van der Waals surface area contributed by atoms with Crippen LogP contribution < -0.4 is 5.32 Å². The molecule has 0 aliphatic heterocycles. The van der Waals surface area contributed by atoms with Crippen LogP contribution in [0.1, 0.15) is 27.2 Å². The Balaban J connectivity index is 0. The molecule has 1 atom stereocenters. The summed E-state index contributed by atoms with van der Waals surface area (Å²) in [5, 5.41) is 8.69. The third-order valence-electron chi connectivity index (χ3n) is 1.61. The largest absolute Gasteiger partial charge is 0.317 e. The van der Waals surface area contributed by atoms with Crippen molar-refractivity contribution in [3.05, 3.63) is 11.6 Å². The quantitative estimate of drug-likeness (QED) is 0.477. The first-order chi connectivity index (χ1) is 5.20. The van der Waals surface area contributed by atoms with Gasteiger partial charge < -0.3 is 10.7 Å². The molecule has 0 radical (unpaired) electrons. The van der Waals surface area contributed by atoms with Crippen LogP contribution in [0.15, 0.2) is 11.6 Å². The monoisotopic (exact) mass is 156 g/mol. The highest BCUT2D eigenvalue weighted by Gasteiger charge is 1.96. The lowest BCUT2D eigenvalue weighted by Crippen LogP contribution is -2.20. The molecular formula is C9H20N2. The minimum Gasteiger partial charge on any atom is -0.317 e. The van der Waals surface area contributed by atoms with Gasteiger partial charge in [-0.25, -0.2) is 0 Å². The van der Waals surface area contributed by atoms with Crippen LogP contribution in [0, 0.1) is 5.41 Å². The van der Waals surface area contributed by atoms with Crippen LogP contribution in [0.25, 0.3) is 0 Å². The van der Waals surface area contributed by atoms with E-state index < -0.39 is 0 Å². The Hall–Kier alpha value is -0.630. The SMILES string of the molecule is C/C=C(/C)CC(C)NC.C=N. The van der Waals surface area contributed by atoms with E-state index in [4.69, 9.17) is 5.41 Å². The highest BCUT2D eigenvalue weighted by atomic mass is 14.8. The van der Waals surface area contributed by atoms with E-state index in [1.807, 2.05) is 7.05 Å². The third-order valence-corrected chi connectivity index (χ3v) is 1.61. The van der Waals surface area contributed by atoms with Crippen molar-refractivity contribution < 1.29 is 0 Å². The van der Waals surface area contributed by atoms with Crippen LogP contribution in [-0.2, 0) is 0 Å². The van der Waals surface area contributed by atoms with Gasteiger partial charge in [0.1, 0.15) is 0 Å². The molecule has 0 aliphatic rings. The fraction of sp³-hybridized carbons (Fsp3) is 0.667. The summed E-state index contributed by atoms with van der Waals surface area (Å²) in [6.45, 7) is 8.93. The van der Waals surface area contributed by atoms with Crippen molar-refractivity contribution in [1.29, 1.82) is 5.41 Å². The summed E-state index contributed by atoms with van der Waals surface area (Å²) in [6.07, 6.45) is 3.32. The van der Waals surface area contributed by atoms with Gasteiger partial charge in [-0.2, -0.15) is 0 Å². The molecule has 0 bridgehead atoms. The lowest BCUT2D eigenvalue weighted by Gasteiger charge is -2.08. The average Bonchev–Trinajstić information content (AvgIpc) is 2.07. The van der Waals surface area contributed by atoms with E-state index >= 15 is 0 Å². The molecule has 0 aromatic carbocycles. The Morgan fingerprint density at radius 1 is 1.64 bits per heavy atom. The van der Waals surface area contributed by atoms with Gasteiger partial charge in [-0.1, -0.05) is 11.6 Å². The number of rotatable bonds is 3. The van der Waals surface area contributed by atoms with Crippen LogP contribution in [0.3, 0.4) is 0 Å². The lowest BCUT2D eigenvalue weighted by molar-refractivity contribution is 0.605. The molecule has 2 nitrogen and oxygen atoms in total. The molecule has 2 N–H and O–H groups in total. The summed E-state index contributed by atoms with van der Waals surface area (Å²) in [7, 11) is 1.99. The average molecular weight is 156 g/mol. The minimum absolute atomic E-state index is 0.612. The van der Waals surface area contributed by atoms with E-state index in [0.717, 1.165) is 6.42 Å². The van der Waals surface area contributed by atoms with Crippen LogP contribution >= 0.6 is 0 Å². The van der Waals surface area contributed by atoms with Gasteiger partial charge in [0, 0.05) is 6.04 Å². The van der Waals surface area contributed by atoms with Crippen LogP contribution in [0.2, 0.25) is 0 Å². The summed E-state index contributed by atoms with van der Waals surface area (Å²) >= 11 is 0. The molecule has 0 fully saturated rings. The van der Waals surface area contributed by atoms with Gasteiger partial charge in [0.2, 0.25) is 0 Å². The van der Waals surface area contributed by atoms with Gasteiger partial charge in [-0.15, -0.1) is 0 Å². The predicted octanol–water partition coefficient (Wildman–Crippen LogP) is 2.22. The maximum absolute atomic E-state index is 5.50. The molecule has 0 heterocycles. The molecule has 11 heavy (non-hydrogen) atoms. The molecule has 66 valence electrons. The van der Waals surface area contributed by atoms with Gasteiger partial charge in [-0.05, 0) is 41.0 Å². The molecule has 0 aromatic rings. The fourth-order valence-electron chi connectivity index (χ4n) is 0.703. The van der Waals surface area contributed by atoms with Gasteiger partial charge in [-0.3, -0.25) is 0 Å². The van der Waals surface area contributed by atoms with Crippen LogP contribution in [-0.4, -0.2) is 19.8 Å². The second-order valence-electron chi connectivity index (χ2n) is 2.53. The van der Waals surface area contributed by atoms with Crippen molar-refractivity contribution in [1.82, 2.24) is 5.32 Å². The maximum Gasteiger partial charge on any atom is 0.00727 e. The van der Waals surface area contributed by atoms with Crippen molar-refractivity contribution in [2.75, 3.05) is 7.05 Å². The van der Waals surface area contributed by atoms with Crippen molar-refractivity contribution >= 4 is 6.72 Å². The molecule has 0 rings (SSSR count). The van der Waals surface area contributed by atoms with E-state index in [1.54, 1.807) is 0 Å². The Kier molecular flexibility index (Phi) is 11.1. The standard InChI is InChI=1S/C8H17N.CH3N/c1-5-7(2)6-8(3)9-4;1-2/h5,8-9H,6H2,1-4H3;2H,1H2/b7-5-;. The zero-order chi connectivity index (χ0) is 9.28. The zero-order valence-corrected chi connectivity index (χ0v) is 8.07. The normalized spacial score (nSPS) is 13.3. The number of hydrogen-bond acceptors (Lipinski definition) is 2. The molecule has 0 aromatic heterocycles. The summed E-state index contributed by atoms with van der Waals surface area (Å²) in [6, 6.07) is 0.612. The first-order valence-corrected chi connectivity index (χ1v) is 3.85. The van der Waals surface area contributed by atoms with E-state index in [2.05, 4.69) is 38.9 Å². The zero-order valence-electron chi connectivity index (χ0n) is 8.07.